The lowest BCUT2D eigenvalue weighted by Gasteiger charge is -2.18. The summed E-state index contributed by atoms with van der Waals surface area (Å²) < 4.78 is 6.86. The molecule has 0 aromatic heterocycles. The third-order valence-corrected chi connectivity index (χ3v) is 3.56. The van der Waals surface area contributed by atoms with Crippen LogP contribution in [0.5, 0.6) is 5.75 Å². The summed E-state index contributed by atoms with van der Waals surface area (Å²) in [5.74, 6) is 7.01. The van der Waals surface area contributed by atoms with E-state index >= 15 is 0 Å². The number of ether oxygens (including phenoxy) is 1. The minimum absolute atomic E-state index is 0.384. The van der Waals surface area contributed by atoms with Crippen molar-refractivity contribution in [2.24, 2.45) is 0 Å². The summed E-state index contributed by atoms with van der Waals surface area (Å²) in [6, 6.07) is 6.66. The van der Waals surface area contributed by atoms with Crippen LogP contribution in [0.3, 0.4) is 0 Å². The molecule has 2 nitrogen and oxygen atoms in total. The Kier molecular flexibility index (Phi) is 5.10. The van der Waals surface area contributed by atoms with Crippen LogP contribution in [0.4, 0.5) is 0 Å². The van der Waals surface area contributed by atoms with Gasteiger partial charge in [-0.15, -0.1) is 11.8 Å². The van der Waals surface area contributed by atoms with Crippen LogP contribution >= 0.6 is 15.9 Å². The highest BCUT2D eigenvalue weighted by molar-refractivity contribution is 9.10. The number of fused-ring (bicyclic) bond motifs is 1. The van der Waals surface area contributed by atoms with E-state index in [1.165, 1.54) is 5.56 Å². The maximum absolute atomic E-state index is 5.79. The second kappa shape index (κ2) is 6.82. The zero-order valence-corrected chi connectivity index (χ0v) is 12.2. The first kappa shape index (κ1) is 13.5. The molecule has 1 aromatic carbocycles. The average Bonchev–Trinajstić information content (AvgIpc) is 2.56. The van der Waals surface area contributed by atoms with Gasteiger partial charge in [0, 0.05) is 29.0 Å². The van der Waals surface area contributed by atoms with Crippen molar-refractivity contribution >= 4 is 15.9 Å². The molecule has 1 aromatic rings. The lowest BCUT2D eigenvalue weighted by molar-refractivity contribution is 0.315. The van der Waals surface area contributed by atoms with Crippen molar-refractivity contribution in [1.29, 1.82) is 0 Å². The summed E-state index contributed by atoms with van der Waals surface area (Å²) in [6.45, 7) is 3.61. The van der Waals surface area contributed by atoms with Crippen LogP contribution in [0, 0.1) is 11.8 Å². The average molecular weight is 308 g/mol. The van der Waals surface area contributed by atoms with Gasteiger partial charge in [-0.25, -0.2) is 0 Å². The minimum Gasteiger partial charge on any atom is -0.493 e. The van der Waals surface area contributed by atoms with Crippen molar-refractivity contribution in [3.63, 3.8) is 0 Å². The number of hydrogen-bond donors (Lipinski definition) is 1. The maximum atomic E-state index is 5.79. The summed E-state index contributed by atoms with van der Waals surface area (Å²) in [7, 11) is 0. The summed E-state index contributed by atoms with van der Waals surface area (Å²) >= 11 is 3.49. The normalized spacial score (nSPS) is 18.0. The van der Waals surface area contributed by atoms with Crippen LogP contribution in [0.2, 0.25) is 0 Å². The Balaban J connectivity index is 2.08. The zero-order chi connectivity index (χ0) is 12.8. The van der Waals surface area contributed by atoms with Gasteiger partial charge < -0.3 is 10.1 Å². The van der Waals surface area contributed by atoms with Crippen molar-refractivity contribution in [3.05, 3.63) is 28.2 Å². The topological polar surface area (TPSA) is 21.3 Å². The summed E-state index contributed by atoms with van der Waals surface area (Å²) in [6.07, 6.45) is 3.11. The Morgan fingerprint density at radius 1 is 1.50 bits per heavy atom. The van der Waals surface area contributed by atoms with Crippen molar-refractivity contribution in [1.82, 2.24) is 5.32 Å². The third kappa shape index (κ3) is 3.51. The predicted molar refractivity (Wildman–Crippen MR) is 77.7 cm³/mol. The van der Waals surface area contributed by atoms with E-state index < -0.39 is 0 Å². The van der Waals surface area contributed by atoms with Gasteiger partial charge in [0.1, 0.15) is 5.75 Å². The molecule has 1 N–H and O–H groups in total. The standard InChI is InChI=1S/C15H18BrNO/c1-2-3-4-9-17-14-6-5-10-18-15-11-12(16)7-8-13(14)15/h7-8,11,14,17H,4-6,9-10H2,1H3. The molecule has 0 saturated heterocycles. The van der Waals surface area contributed by atoms with Crippen LogP contribution in [-0.2, 0) is 0 Å². The van der Waals surface area contributed by atoms with E-state index in [0.29, 0.717) is 6.04 Å². The van der Waals surface area contributed by atoms with Crippen LogP contribution in [0.1, 0.15) is 37.8 Å². The molecule has 0 amide bonds. The molecule has 0 radical (unpaired) electrons. The Hall–Kier alpha value is -0.980. The number of halogens is 1. The van der Waals surface area contributed by atoms with E-state index in [9.17, 15) is 0 Å². The second-order valence-electron chi connectivity index (χ2n) is 4.36. The Morgan fingerprint density at radius 3 is 3.22 bits per heavy atom. The van der Waals surface area contributed by atoms with E-state index in [2.05, 4.69) is 51.3 Å². The number of hydrogen-bond acceptors (Lipinski definition) is 2. The molecule has 0 fully saturated rings. The molecule has 3 heteroatoms. The Labute approximate surface area is 117 Å². The fourth-order valence-corrected chi connectivity index (χ4v) is 2.53. The number of nitrogens with one attached hydrogen (secondary N) is 1. The van der Waals surface area contributed by atoms with Crippen molar-refractivity contribution in [2.45, 2.75) is 32.2 Å². The van der Waals surface area contributed by atoms with Crippen molar-refractivity contribution in [2.75, 3.05) is 13.2 Å². The quantitative estimate of drug-likeness (QED) is 0.679. The van der Waals surface area contributed by atoms with Crippen molar-refractivity contribution < 1.29 is 4.74 Å². The molecule has 0 spiro atoms. The molecule has 0 aliphatic carbocycles. The molecule has 1 unspecified atom stereocenters. The van der Waals surface area contributed by atoms with Gasteiger partial charge in [-0.2, -0.15) is 0 Å². The highest BCUT2D eigenvalue weighted by Gasteiger charge is 2.19. The molecule has 0 bridgehead atoms. The van der Waals surface area contributed by atoms with E-state index in [4.69, 9.17) is 4.74 Å². The molecular formula is C15H18BrNO. The zero-order valence-electron chi connectivity index (χ0n) is 10.6. The van der Waals surface area contributed by atoms with Crippen LogP contribution in [0.25, 0.3) is 0 Å². The van der Waals surface area contributed by atoms with Gasteiger partial charge in [-0.05, 0) is 31.9 Å². The van der Waals surface area contributed by atoms with E-state index in [0.717, 1.165) is 42.6 Å². The summed E-state index contributed by atoms with van der Waals surface area (Å²) in [5.41, 5.74) is 1.26. The van der Waals surface area contributed by atoms with Gasteiger partial charge in [-0.1, -0.05) is 22.0 Å². The van der Waals surface area contributed by atoms with Gasteiger partial charge >= 0.3 is 0 Å². The molecule has 18 heavy (non-hydrogen) atoms. The smallest absolute Gasteiger partial charge is 0.125 e. The van der Waals surface area contributed by atoms with E-state index in [-0.39, 0.29) is 0 Å². The first-order valence-electron chi connectivity index (χ1n) is 6.36. The monoisotopic (exact) mass is 307 g/mol. The third-order valence-electron chi connectivity index (χ3n) is 3.06. The largest absolute Gasteiger partial charge is 0.493 e. The Bertz CT molecular complexity index is 461. The fourth-order valence-electron chi connectivity index (χ4n) is 2.19. The molecule has 2 rings (SSSR count). The van der Waals surface area contributed by atoms with Gasteiger partial charge in [0.05, 0.1) is 6.61 Å². The second-order valence-corrected chi connectivity index (χ2v) is 5.27. The number of benzene rings is 1. The first-order chi connectivity index (χ1) is 8.81. The molecule has 96 valence electrons. The van der Waals surface area contributed by atoms with Gasteiger partial charge in [0.2, 0.25) is 0 Å². The maximum Gasteiger partial charge on any atom is 0.125 e. The molecule has 1 atom stereocenters. The summed E-state index contributed by atoms with van der Waals surface area (Å²) in [5, 5.41) is 3.57. The predicted octanol–water partition coefficient (Wildman–Crippen LogP) is 3.67. The van der Waals surface area contributed by atoms with Crippen molar-refractivity contribution in [3.8, 4) is 17.6 Å². The van der Waals surface area contributed by atoms with E-state index in [1.54, 1.807) is 0 Å². The fraction of sp³-hybridized carbons (Fsp3) is 0.467. The van der Waals surface area contributed by atoms with Gasteiger partial charge in [0.15, 0.2) is 0 Å². The Morgan fingerprint density at radius 2 is 2.39 bits per heavy atom. The summed E-state index contributed by atoms with van der Waals surface area (Å²) in [4.78, 5) is 0. The van der Waals surface area contributed by atoms with Gasteiger partial charge in [0.25, 0.3) is 0 Å². The van der Waals surface area contributed by atoms with Crippen LogP contribution < -0.4 is 10.1 Å². The number of rotatable bonds is 3. The molecule has 1 aliphatic rings. The molecule has 1 heterocycles. The minimum atomic E-state index is 0.384. The van der Waals surface area contributed by atoms with Gasteiger partial charge in [-0.3, -0.25) is 0 Å². The SMILES string of the molecule is CC#CCCNC1CCCOc2cc(Br)ccc21. The first-order valence-corrected chi connectivity index (χ1v) is 7.16. The van der Waals surface area contributed by atoms with Crippen LogP contribution in [0.15, 0.2) is 22.7 Å². The van der Waals surface area contributed by atoms with E-state index in [1.807, 2.05) is 6.92 Å². The molecular weight excluding hydrogens is 290 g/mol. The highest BCUT2D eigenvalue weighted by Crippen LogP contribution is 2.33. The lowest BCUT2D eigenvalue weighted by Crippen LogP contribution is -2.21. The molecule has 0 saturated carbocycles. The lowest BCUT2D eigenvalue weighted by atomic mass is 10.0. The molecule has 1 aliphatic heterocycles. The highest BCUT2D eigenvalue weighted by atomic mass is 79.9. The van der Waals surface area contributed by atoms with Crippen LogP contribution in [-0.4, -0.2) is 13.2 Å².